The predicted molar refractivity (Wildman–Crippen MR) is 89.5 cm³/mol. The molecule has 2 N–H and O–H groups in total. The van der Waals surface area contributed by atoms with Gasteiger partial charge in [-0.3, -0.25) is 4.79 Å². The van der Waals surface area contributed by atoms with Crippen molar-refractivity contribution >= 4 is 33.2 Å². The summed E-state index contributed by atoms with van der Waals surface area (Å²) in [5, 5.41) is -0.148. The summed E-state index contributed by atoms with van der Waals surface area (Å²) in [5.74, 6) is 0.239. The number of nitrogens with one attached hydrogen (secondary N) is 2. The van der Waals surface area contributed by atoms with Crippen LogP contribution in [0.5, 0.6) is 0 Å². The van der Waals surface area contributed by atoms with Crippen LogP contribution < -0.4 is 9.44 Å². The highest BCUT2D eigenvalue weighted by Crippen LogP contribution is 2.11. The average molecular weight is 360 g/mol. The van der Waals surface area contributed by atoms with Crippen LogP contribution in [0.25, 0.3) is 0 Å². The third-order valence-corrected chi connectivity index (χ3v) is 4.18. The number of amides is 1. The standard InChI is InChI=1S/C14H20N2O5S2/c1-14(2,3)21-13(18)16-23(19,20)15-9-10-22-12(17)11-7-5-4-6-8-11/h4-8,15H,9-10H2,1-3H3,(H,16,18). The zero-order valence-corrected chi connectivity index (χ0v) is 14.8. The predicted octanol–water partition coefficient (Wildman–Crippen LogP) is 1.92. The first kappa shape index (κ1) is 19.5. The Labute approximate surface area is 140 Å². The molecule has 0 atom stereocenters. The lowest BCUT2D eigenvalue weighted by Gasteiger charge is -2.19. The van der Waals surface area contributed by atoms with Crippen molar-refractivity contribution in [2.24, 2.45) is 0 Å². The largest absolute Gasteiger partial charge is 0.443 e. The molecule has 0 spiro atoms. The van der Waals surface area contributed by atoms with Gasteiger partial charge in [-0.15, -0.1) is 0 Å². The molecule has 0 aliphatic heterocycles. The molecule has 0 aliphatic rings. The third kappa shape index (κ3) is 8.58. The molecule has 1 aromatic rings. The summed E-state index contributed by atoms with van der Waals surface area (Å²) in [6.07, 6.45) is -1.06. The molecule has 0 saturated heterocycles. The molecular weight excluding hydrogens is 340 g/mol. The van der Waals surface area contributed by atoms with E-state index in [0.717, 1.165) is 11.8 Å². The van der Waals surface area contributed by atoms with E-state index >= 15 is 0 Å². The van der Waals surface area contributed by atoms with Crippen LogP contribution in [0.3, 0.4) is 0 Å². The van der Waals surface area contributed by atoms with Crippen LogP contribution >= 0.6 is 11.8 Å². The lowest BCUT2D eigenvalue weighted by Crippen LogP contribution is -2.43. The summed E-state index contributed by atoms with van der Waals surface area (Å²) in [6.45, 7) is 4.87. The molecule has 0 bridgehead atoms. The fraction of sp³-hybridized carbons (Fsp3) is 0.429. The summed E-state index contributed by atoms with van der Waals surface area (Å²) >= 11 is 0.989. The number of hydrogen-bond donors (Lipinski definition) is 2. The molecule has 0 radical (unpaired) electrons. The smallest absolute Gasteiger partial charge is 0.422 e. The second-order valence-electron chi connectivity index (χ2n) is 5.50. The first-order chi connectivity index (χ1) is 10.6. The quantitative estimate of drug-likeness (QED) is 0.752. The SMILES string of the molecule is CC(C)(C)OC(=O)NS(=O)(=O)NCCSC(=O)c1ccccc1. The monoisotopic (exact) mass is 360 g/mol. The van der Waals surface area contributed by atoms with Gasteiger partial charge in [0, 0.05) is 17.9 Å². The lowest BCUT2D eigenvalue weighted by atomic mass is 10.2. The zero-order chi connectivity index (χ0) is 17.5. The molecule has 1 aromatic carbocycles. The lowest BCUT2D eigenvalue weighted by molar-refractivity contribution is 0.0569. The molecule has 0 unspecified atom stereocenters. The third-order valence-electron chi connectivity index (χ3n) is 2.25. The Morgan fingerprint density at radius 1 is 1.17 bits per heavy atom. The highest BCUT2D eigenvalue weighted by atomic mass is 32.2. The van der Waals surface area contributed by atoms with Crippen molar-refractivity contribution in [2.45, 2.75) is 26.4 Å². The van der Waals surface area contributed by atoms with E-state index in [9.17, 15) is 18.0 Å². The van der Waals surface area contributed by atoms with Crippen molar-refractivity contribution in [3.05, 3.63) is 35.9 Å². The molecule has 7 nitrogen and oxygen atoms in total. The van der Waals surface area contributed by atoms with Crippen LogP contribution in [0.1, 0.15) is 31.1 Å². The van der Waals surface area contributed by atoms with E-state index in [-0.39, 0.29) is 17.4 Å². The van der Waals surface area contributed by atoms with Gasteiger partial charge in [-0.25, -0.2) is 9.52 Å². The number of thioether (sulfide) groups is 1. The maximum absolute atomic E-state index is 11.8. The molecule has 0 fully saturated rings. The molecule has 1 amide bonds. The maximum atomic E-state index is 11.8. The van der Waals surface area contributed by atoms with Crippen LogP contribution in [-0.4, -0.2) is 37.5 Å². The maximum Gasteiger partial charge on any atom is 0.422 e. The highest BCUT2D eigenvalue weighted by Gasteiger charge is 2.20. The second kappa shape index (κ2) is 8.32. The van der Waals surface area contributed by atoms with Crippen molar-refractivity contribution in [1.82, 2.24) is 9.44 Å². The van der Waals surface area contributed by atoms with Gasteiger partial charge < -0.3 is 4.74 Å². The first-order valence-electron chi connectivity index (χ1n) is 6.82. The summed E-state index contributed by atoms with van der Waals surface area (Å²) in [5.41, 5.74) is -0.246. The Hall–Kier alpha value is -1.58. The summed E-state index contributed by atoms with van der Waals surface area (Å²) in [4.78, 5) is 23.2. The molecule has 9 heteroatoms. The van der Waals surface area contributed by atoms with Crippen molar-refractivity contribution in [3.63, 3.8) is 0 Å². The Kier molecular flexibility index (Phi) is 7.04. The number of benzene rings is 1. The van der Waals surface area contributed by atoms with Gasteiger partial charge in [0.2, 0.25) is 5.12 Å². The number of rotatable bonds is 6. The van der Waals surface area contributed by atoms with Gasteiger partial charge in [-0.05, 0) is 20.8 Å². The van der Waals surface area contributed by atoms with E-state index in [1.165, 1.54) is 0 Å². The van der Waals surface area contributed by atoms with E-state index in [0.29, 0.717) is 5.56 Å². The van der Waals surface area contributed by atoms with E-state index in [1.54, 1.807) is 55.8 Å². The van der Waals surface area contributed by atoms with Crippen LogP contribution in [0, 0.1) is 0 Å². The Balaban J connectivity index is 2.34. The van der Waals surface area contributed by atoms with Gasteiger partial charge in [0.25, 0.3) is 0 Å². The van der Waals surface area contributed by atoms with Gasteiger partial charge in [-0.1, -0.05) is 42.1 Å². The Morgan fingerprint density at radius 3 is 2.35 bits per heavy atom. The van der Waals surface area contributed by atoms with Crippen molar-refractivity contribution in [3.8, 4) is 0 Å². The summed E-state index contributed by atoms with van der Waals surface area (Å²) in [7, 11) is -4.01. The number of ether oxygens (including phenoxy) is 1. The minimum absolute atomic E-state index is 0.00136. The molecule has 0 aromatic heterocycles. The molecule has 0 heterocycles. The minimum Gasteiger partial charge on any atom is -0.443 e. The molecule has 0 aliphatic carbocycles. The average Bonchev–Trinajstić information content (AvgIpc) is 2.41. The van der Waals surface area contributed by atoms with Gasteiger partial charge in [0.1, 0.15) is 5.60 Å². The molecule has 23 heavy (non-hydrogen) atoms. The van der Waals surface area contributed by atoms with Gasteiger partial charge >= 0.3 is 16.3 Å². The van der Waals surface area contributed by atoms with E-state index in [2.05, 4.69) is 4.72 Å². The van der Waals surface area contributed by atoms with Crippen LogP contribution in [0.4, 0.5) is 4.79 Å². The zero-order valence-electron chi connectivity index (χ0n) is 13.2. The van der Waals surface area contributed by atoms with E-state index < -0.39 is 21.9 Å². The van der Waals surface area contributed by atoms with Crippen LogP contribution in [-0.2, 0) is 14.9 Å². The molecule has 1 rings (SSSR count). The van der Waals surface area contributed by atoms with Gasteiger partial charge in [0.05, 0.1) is 0 Å². The van der Waals surface area contributed by atoms with E-state index in [4.69, 9.17) is 4.74 Å². The number of hydrogen-bond acceptors (Lipinski definition) is 6. The van der Waals surface area contributed by atoms with Crippen molar-refractivity contribution in [1.29, 1.82) is 0 Å². The minimum atomic E-state index is -4.01. The highest BCUT2D eigenvalue weighted by molar-refractivity contribution is 8.14. The molecule has 128 valence electrons. The first-order valence-corrected chi connectivity index (χ1v) is 9.28. The molecule has 0 saturated carbocycles. The fourth-order valence-corrected chi connectivity index (χ4v) is 2.95. The van der Waals surface area contributed by atoms with Gasteiger partial charge in [0.15, 0.2) is 0 Å². The van der Waals surface area contributed by atoms with E-state index in [1.807, 2.05) is 0 Å². The summed E-state index contributed by atoms with van der Waals surface area (Å²) in [6, 6.07) is 8.67. The summed E-state index contributed by atoms with van der Waals surface area (Å²) < 4.78 is 32.0. The number of carbonyl (C=O) groups is 2. The molecular formula is C14H20N2O5S2. The normalized spacial score (nSPS) is 11.8. The Bertz CT molecular complexity index is 639. The van der Waals surface area contributed by atoms with Crippen molar-refractivity contribution < 1.29 is 22.7 Å². The fourth-order valence-electron chi connectivity index (χ4n) is 1.42. The van der Waals surface area contributed by atoms with Gasteiger partial charge in [-0.2, -0.15) is 13.1 Å². The number of carbonyl (C=O) groups excluding carboxylic acids is 2. The van der Waals surface area contributed by atoms with Crippen LogP contribution in [0.2, 0.25) is 0 Å². The topological polar surface area (TPSA) is 102 Å². The Morgan fingerprint density at radius 2 is 1.78 bits per heavy atom. The van der Waals surface area contributed by atoms with Crippen LogP contribution in [0.15, 0.2) is 30.3 Å². The second-order valence-corrected chi connectivity index (χ2v) is 8.07. The van der Waals surface area contributed by atoms with Crippen molar-refractivity contribution in [2.75, 3.05) is 12.3 Å².